The molecule has 1 atom stereocenters. The fourth-order valence-electron chi connectivity index (χ4n) is 5.51. The van der Waals surface area contributed by atoms with Gasteiger partial charge in [0.25, 0.3) is 0 Å². The van der Waals surface area contributed by atoms with Crippen molar-refractivity contribution in [3.63, 3.8) is 0 Å². The lowest BCUT2D eigenvalue weighted by Gasteiger charge is -2.30. The zero-order chi connectivity index (χ0) is 36.2. The second-order valence-electron chi connectivity index (χ2n) is 11.6. The Kier molecular flexibility index (Phi) is 28.9. The van der Waals surface area contributed by atoms with Crippen molar-refractivity contribution in [3.05, 3.63) is 70.2 Å². The molecule has 1 aliphatic heterocycles. The Morgan fingerprint density at radius 2 is 1.36 bits per heavy atom. The molecule has 3 rings (SSSR count). The van der Waals surface area contributed by atoms with E-state index in [4.69, 9.17) is 9.79 Å². The molecule has 268 valence electrons. The third kappa shape index (κ3) is 18.3. The fraction of sp³-hybridized carbons (Fsp3) is 0.610. The van der Waals surface area contributed by atoms with Crippen LogP contribution in [0.25, 0.3) is 0 Å². The van der Waals surface area contributed by atoms with Crippen LogP contribution in [0.15, 0.2) is 47.1 Å². The lowest BCUT2D eigenvalue weighted by molar-refractivity contribution is -0.0980. The Bertz CT molecular complexity index is 1080. The number of benzene rings is 2. The average Bonchev–Trinajstić information content (AvgIpc) is 3.07. The van der Waals surface area contributed by atoms with Crippen LogP contribution in [-0.2, 0) is 4.79 Å². The van der Waals surface area contributed by atoms with Gasteiger partial charge in [-0.25, -0.2) is 4.39 Å². The first-order valence-corrected chi connectivity index (χ1v) is 18.2. The number of nitrogens with zero attached hydrogens (tertiary/aromatic N) is 2. The van der Waals surface area contributed by atoms with Gasteiger partial charge < -0.3 is 20.3 Å². The zero-order valence-electron chi connectivity index (χ0n) is 32.4. The van der Waals surface area contributed by atoms with Crippen LogP contribution in [0.4, 0.5) is 15.8 Å². The van der Waals surface area contributed by atoms with Gasteiger partial charge in [-0.15, -0.1) is 0 Å². The summed E-state index contributed by atoms with van der Waals surface area (Å²) in [6.45, 7) is 29.2. The highest BCUT2D eigenvalue weighted by Gasteiger charge is 2.21. The average molecular weight is 655 g/mol. The summed E-state index contributed by atoms with van der Waals surface area (Å²) in [6.07, 6.45) is 12.4. The number of rotatable bonds is 7. The van der Waals surface area contributed by atoms with Crippen LogP contribution in [0.2, 0.25) is 0 Å². The van der Waals surface area contributed by atoms with Crippen molar-refractivity contribution in [3.8, 4) is 0 Å². The summed E-state index contributed by atoms with van der Waals surface area (Å²) in [5, 5.41) is 6.88. The van der Waals surface area contributed by atoms with Crippen molar-refractivity contribution in [1.82, 2.24) is 10.6 Å². The first kappa shape index (κ1) is 46.3. The van der Waals surface area contributed by atoms with Crippen LogP contribution in [0.3, 0.4) is 0 Å². The molecule has 0 radical (unpaired) electrons. The zero-order valence-corrected chi connectivity index (χ0v) is 32.4. The van der Waals surface area contributed by atoms with Gasteiger partial charge in [0.15, 0.2) is 0 Å². The second kappa shape index (κ2) is 29.3. The number of hydrogen-bond donors (Lipinski definition) is 2. The molecule has 2 aromatic rings. The summed E-state index contributed by atoms with van der Waals surface area (Å²) >= 11 is 0. The molecule has 6 heteroatoms. The van der Waals surface area contributed by atoms with Gasteiger partial charge in [-0.3, -0.25) is 4.99 Å². The molecule has 0 saturated carbocycles. The van der Waals surface area contributed by atoms with Gasteiger partial charge in [0, 0.05) is 43.2 Å². The quantitative estimate of drug-likeness (QED) is 0.292. The molecule has 1 heterocycles. The minimum absolute atomic E-state index is 0.0879. The summed E-state index contributed by atoms with van der Waals surface area (Å²) in [4.78, 5) is 15.1. The molecule has 0 aromatic heterocycles. The van der Waals surface area contributed by atoms with Gasteiger partial charge in [-0.2, -0.15) is 0 Å². The molecule has 1 aliphatic rings. The number of aryl methyl sites for hydroxylation is 4. The third-order valence-corrected chi connectivity index (χ3v) is 7.92. The topological polar surface area (TPSA) is 56.7 Å². The van der Waals surface area contributed by atoms with Crippen molar-refractivity contribution in [2.45, 2.75) is 128 Å². The van der Waals surface area contributed by atoms with Gasteiger partial charge in [-0.1, -0.05) is 98.4 Å². The maximum Gasteiger partial charge on any atom is 0.149 e. The van der Waals surface area contributed by atoms with Gasteiger partial charge in [0.05, 0.1) is 0 Å². The number of allylic oxidation sites excluding steroid dienone is 2. The standard InChI is InChI=1S/C26H35FN2.C10H22N2.2C2H6.CH2O/c1-9-11-24(29(8)25-16-17(3)12-13-19(25)5)21(7)23(10-2)28-26-20(6)14-18(4)15-22(26)27;1-2-4-6-8-12-10-9-11-7-5-3-1;3*1-2/h11-16,21H,9-10H2,1-8H3;11-12H,1-10H2;2*1-2H3;1H2/b24-11+,28-23?;;;;. The highest BCUT2D eigenvalue weighted by Crippen LogP contribution is 2.31. The summed E-state index contributed by atoms with van der Waals surface area (Å²) in [6, 6.07) is 10.1. The fourth-order valence-corrected chi connectivity index (χ4v) is 5.51. The second-order valence-corrected chi connectivity index (χ2v) is 11.6. The van der Waals surface area contributed by atoms with Crippen LogP contribution in [0.5, 0.6) is 0 Å². The molecule has 0 spiro atoms. The number of carbonyl (C=O) groups is 1. The molecule has 0 amide bonds. The number of hydrogen-bond acceptors (Lipinski definition) is 5. The number of aliphatic imine (C=N–C) groups is 1. The Morgan fingerprint density at radius 3 is 1.85 bits per heavy atom. The highest BCUT2D eigenvalue weighted by molar-refractivity contribution is 5.92. The lowest BCUT2D eigenvalue weighted by atomic mass is 9.96. The molecule has 1 saturated heterocycles. The Balaban J connectivity index is 0. The van der Waals surface area contributed by atoms with E-state index < -0.39 is 0 Å². The molecular formula is C41H71FN4O. The van der Waals surface area contributed by atoms with Gasteiger partial charge in [0.1, 0.15) is 18.3 Å². The summed E-state index contributed by atoms with van der Waals surface area (Å²) < 4.78 is 14.6. The maximum absolute atomic E-state index is 14.6. The van der Waals surface area contributed by atoms with Crippen LogP contribution in [0.1, 0.15) is 122 Å². The van der Waals surface area contributed by atoms with E-state index in [1.165, 1.54) is 74.1 Å². The van der Waals surface area contributed by atoms with Gasteiger partial charge in [0.2, 0.25) is 0 Å². The molecule has 47 heavy (non-hydrogen) atoms. The van der Waals surface area contributed by atoms with Gasteiger partial charge >= 0.3 is 0 Å². The monoisotopic (exact) mass is 655 g/mol. The number of carbonyl (C=O) groups excluding carboxylic acids is 1. The van der Waals surface area contributed by atoms with Crippen molar-refractivity contribution >= 4 is 23.9 Å². The van der Waals surface area contributed by atoms with Crippen LogP contribution >= 0.6 is 0 Å². The summed E-state index contributed by atoms with van der Waals surface area (Å²) in [5.41, 5.74) is 8.13. The van der Waals surface area contributed by atoms with E-state index in [1.54, 1.807) is 6.07 Å². The van der Waals surface area contributed by atoms with E-state index in [1.807, 2.05) is 54.4 Å². The Morgan fingerprint density at radius 1 is 0.830 bits per heavy atom. The number of nitrogens with one attached hydrogen (secondary N) is 2. The lowest BCUT2D eigenvalue weighted by Crippen LogP contribution is -2.28. The predicted octanol–water partition coefficient (Wildman–Crippen LogP) is 11.0. The summed E-state index contributed by atoms with van der Waals surface area (Å²) in [7, 11) is 2.12. The Hall–Kier alpha value is -2.83. The van der Waals surface area contributed by atoms with E-state index in [0.29, 0.717) is 5.69 Å². The van der Waals surface area contributed by atoms with Crippen LogP contribution in [-0.4, -0.2) is 45.7 Å². The molecule has 1 fully saturated rings. The molecule has 5 nitrogen and oxygen atoms in total. The number of anilines is 1. The van der Waals surface area contributed by atoms with E-state index >= 15 is 0 Å². The first-order valence-electron chi connectivity index (χ1n) is 18.2. The minimum atomic E-state index is -0.246. The SMILES string of the molecule is C1CCCCNCCNCCC1.C=O.CC.CC.CC/C=C(\C(C)C(CC)=Nc1c(C)cc(C)cc1F)N(C)c1cc(C)ccc1C. The largest absolute Gasteiger partial charge is 0.348 e. The third-order valence-electron chi connectivity index (χ3n) is 7.92. The number of halogens is 1. The van der Waals surface area contributed by atoms with Crippen molar-refractivity contribution in [2.24, 2.45) is 10.9 Å². The van der Waals surface area contributed by atoms with E-state index in [-0.39, 0.29) is 11.7 Å². The van der Waals surface area contributed by atoms with E-state index in [0.717, 1.165) is 42.8 Å². The smallest absolute Gasteiger partial charge is 0.149 e. The van der Waals surface area contributed by atoms with E-state index in [9.17, 15) is 4.39 Å². The Labute approximate surface area is 289 Å². The van der Waals surface area contributed by atoms with Crippen LogP contribution < -0.4 is 15.5 Å². The molecule has 2 N–H and O–H groups in total. The van der Waals surface area contributed by atoms with Crippen LogP contribution in [0, 0.1) is 39.4 Å². The molecular weight excluding hydrogens is 583 g/mol. The molecule has 0 bridgehead atoms. The van der Waals surface area contributed by atoms with Crippen molar-refractivity contribution in [2.75, 3.05) is 38.1 Å². The maximum atomic E-state index is 14.6. The van der Waals surface area contributed by atoms with Crippen molar-refractivity contribution in [1.29, 1.82) is 0 Å². The van der Waals surface area contributed by atoms with Gasteiger partial charge in [-0.05, 0) is 101 Å². The summed E-state index contributed by atoms with van der Waals surface area (Å²) in [5.74, 6) is -0.158. The molecule has 1 unspecified atom stereocenters. The van der Waals surface area contributed by atoms with Crippen molar-refractivity contribution < 1.29 is 9.18 Å². The normalized spacial score (nSPS) is 14.8. The molecule has 2 aromatic carbocycles. The first-order chi connectivity index (χ1) is 22.7. The minimum Gasteiger partial charge on any atom is -0.348 e. The highest BCUT2D eigenvalue weighted by atomic mass is 19.1. The van der Waals surface area contributed by atoms with E-state index in [2.05, 4.69) is 81.5 Å². The molecule has 0 aliphatic carbocycles. The predicted molar refractivity (Wildman–Crippen MR) is 208 cm³/mol.